The highest BCUT2D eigenvalue weighted by Gasteiger charge is 2.24. The molecule has 2 saturated heterocycles. The van der Waals surface area contributed by atoms with Gasteiger partial charge in [0.1, 0.15) is 6.61 Å². The minimum Gasteiger partial charge on any atom is -0.447 e. The Balaban J connectivity index is 1.59. The van der Waals surface area contributed by atoms with E-state index in [1.807, 2.05) is 13.0 Å². The van der Waals surface area contributed by atoms with Gasteiger partial charge in [-0.05, 0) is 51.1 Å². The molecule has 1 atom stereocenters. The number of likely N-dealkylation sites (tertiary alicyclic amines) is 1. The summed E-state index contributed by atoms with van der Waals surface area (Å²) in [5.74, 6) is -0.103. The Morgan fingerprint density at radius 3 is 2.75 bits per heavy atom. The van der Waals surface area contributed by atoms with Crippen molar-refractivity contribution in [2.45, 2.75) is 32.2 Å². The fraction of sp³-hybridized carbons (Fsp3) is 0.556. The Morgan fingerprint density at radius 2 is 2.04 bits per heavy atom. The highest BCUT2D eigenvalue weighted by Crippen LogP contribution is 2.20. The zero-order valence-corrected chi connectivity index (χ0v) is 14.2. The molecule has 24 heavy (non-hydrogen) atoms. The number of cyclic esters (lactones) is 1. The second kappa shape index (κ2) is 7.66. The summed E-state index contributed by atoms with van der Waals surface area (Å²) in [6.45, 7) is 6.06. The highest BCUT2D eigenvalue weighted by molar-refractivity contribution is 5.97. The first-order valence-corrected chi connectivity index (χ1v) is 8.71. The van der Waals surface area contributed by atoms with Crippen molar-refractivity contribution in [3.8, 4) is 0 Å². The number of hydrogen-bond donors (Lipinski definition) is 1. The van der Waals surface area contributed by atoms with E-state index < -0.39 is 0 Å². The van der Waals surface area contributed by atoms with Crippen LogP contribution in [-0.4, -0.2) is 55.7 Å². The lowest BCUT2D eigenvalue weighted by atomic mass is 10.1. The van der Waals surface area contributed by atoms with E-state index in [0.717, 1.165) is 19.6 Å². The lowest BCUT2D eigenvalue weighted by Gasteiger charge is -2.29. The Labute approximate surface area is 142 Å². The molecule has 1 unspecified atom stereocenters. The molecular weight excluding hydrogens is 306 g/mol. The molecule has 0 aliphatic carbocycles. The molecule has 0 bridgehead atoms. The first-order chi connectivity index (χ1) is 11.6. The molecule has 2 aliphatic heterocycles. The molecule has 6 heteroatoms. The van der Waals surface area contributed by atoms with Gasteiger partial charge in [0.2, 0.25) is 0 Å². The predicted octanol–water partition coefficient (Wildman–Crippen LogP) is 2.25. The van der Waals surface area contributed by atoms with Gasteiger partial charge in [0.05, 0.1) is 6.54 Å². The number of amides is 2. The van der Waals surface area contributed by atoms with Crippen molar-refractivity contribution in [1.29, 1.82) is 0 Å². The third kappa shape index (κ3) is 4.06. The number of carbonyl (C=O) groups excluding carboxylic acids is 2. The largest absolute Gasteiger partial charge is 0.447 e. The van der Waals surface area contributed by atoms with E-state index in [1.54, 1.807) is 23.1 Å². The van der Waals surface area contributed by atoms with Crippen molar-refractivity contribution in [2.75, 3.05) is 37.7 Å². The molecular formula is C18H25N3O3. The molecule has 2 aliphatic rings. The number of ether oxygens (including phenoxy) is 1. The molecule has 0 radical (unpaired) electrons. The normalized spacial score (nSPS) is 19.9. The van der Waals surface area contributed by atoms with Crippen LogP contribution in [0.5, 0.6) is 0 Å². The van der Waals surface area contributed by atoms with Crippen molar-refractivity contribution >= 4 is 17.7 Å². The van der Waals surface area contributed by atoms with E-state index >= 15 is 0 Å². The summed E-state index contributed by atoms with van der Waals surface area (Å²) in [5, 5.41) is 3.06. The summed E-state index contributed by atoms with van der Waals surface area (Å²) in [6.07, 6.45) is 3.44. The quantitative estimate of drug-likeness (QED) is 0.899. The van der Waals surface area contributed by atoms with E-state index in [0.29, 0.717) is 24.4 Å². The van der Waals surface area contributed by atoms with Gasteiger partial charge >= 0.3 is 6.09 Å². The molecule has 3 rings (SSSR count). The average Bonchev–Trinajstić information content (AvgIpc) is 3.02. The fourth-order valence-corrected chi connectivity index (χ4v) is 3.33. The van der Waals surface area contributed by atoms with Gasteiger partial charge in [0, 0.05) is 23.8 Å². The van der Waals surface area contributed by atoms with Gasteiger partial charge in [-0.2, -0.15) is 0 Å². The monoisotopic (exact) mass is 331 g/mol. The van der Waals surface area contributed by atoms with Crippen LogP contribution in [0.1, 0.15) is 36.5 Å². The molecule has 0 spiro atoms. The molecule has 6 nitrogen and oxygen atoms in total. The van der Waals surface area contributed by atoms with E-state index in [4.69, 9.17) is 4.74 Å². The predicted molar refractivity (Wildman–Crippen MR) is 92.4 cm³/mol. The fourth-order valence-electron chi connectivity index (χ4n) is 3.33. The van der Waals surface area contributed by atoms with Crippen LogP contribution in [0, 0.1) is 0 Å². The maximum atomic E-state index is 12.5. The first-order valence-electron chi connectivity index (χ1n) is 8.71. The topological polar surface area (TPSA) is 61.9 Å². The lowest BCUT2D eigenvalue weighted by molar-refractivity contribution is 0.0925. The maximum Gasteiger partial charge on any atom is 0.414 e. The Hall–Kier alpha value is -2.08. The van der Waals surface area contributed by atoms with Gasteiger partial charge in [0.25, 0.3) is 5.91 Å². The van der Waals surface area contributed by atoms with Gasteiger partial charge in [-0.25, -0.2) is 4.79 Å². The summed E-state index contributed by atoms with van der Waals surface area (Å²) in [6, 6.07) is 7.23. The summed E-state index contributed by atoms with van der Waals surface area (Å²) >= 11 is 0. The number of piperidine rings is 1. The number of hydrogen-bond acceptors (Lipinski definition) is 4. The van der Waals surface area contributed by atoms with Crippen molar-refractivity contribution in [1.82, 2.24) is 10.2 Å². The second-order valence-corrected chi connectivity index (χ2v) is 6.55. The van der Waals surface area contributed by atoms with Crippen LogP contribution in [0.4, 0.5) is 10.5 Å². The minimum absolute atomic E-state index is 0.0935. The summed E-state index contributed by atoms with van der Waals surface area (Å²) in [7, 11) is 0. The second-order valence-electron chi connectivity index (χ2n) is 6.55. The van der Waals surface area contributed by atoms with Crippen LogP contribution < -0.4 is 10.2 Å². The average molecular weight is 331 g/mol. The van der Waals surface area contributed by atoms with Crippen LogP contribution >= 0.6 is 0 Å². The molecule has 1 N–H and O–H groups in total. The molecule has 1 aromatic carbocycles. The lowest BCUT2D eigenvalue weighted by Crippen LogP contribution is -2.43. The van der Waals surface area contributed by atoms with Gasteiger partial charge < -0.3 is 15.0 Å². The van der Waals surface area contributed by atoms with Crippen LogP contribution in [-0.2, 0) is 4.74 Å². The molecule has 130 valence electrons. The molecule has 2 amide bonds. The van der Waals surface area contributed by atoms with Crippen molar-refractivity contribution in [3.05, 3.63) is 29.8 Å². The summed E-state index contributed by atoms with van der Waals surface area (Å²) < 4.78 is 4.95. The summed E-state index contributed by atoms with van der Waals surface area (Å²) in [4.78, 5) is 28.1. The van der Waals surface area contributed by atoms with Crippen molar-refractivity contribution in [2.24, 2.45) is 0 Å². The Kier molecular flexibility index (Phi) is 5.35. The van der Waals surface area contributed by atoms with Crippen molar-refractivity contribution in [3.63, 3.8) is 0 Å². The van der Waals surface area contributed by atoms with Gasteiger partial charge in [-0.3, -0.25) is 9.69 Å². The molecule has 1 aromatic rings. The van der Waals surface area contributed by atoms with Crippen LogP contribution in [0.3, 0.4) is 0 Å². The number of anilines is 1. The zero-order chi connectivity index (χ0) is 16.9. The maximum absolute atomic E-state index is 12.5. The first kappa shape index (κ1) is 16.8. The minimum atomic E-state index is -0.356. The van der Waals surface area contributed by atoms with E-state index in [9.17, 15) is 9.59 Å². The SMILES string of the molecule is CC(CN1CCCCC1)NC(=O)c1cccc(N2CCOC2=O)c1. The highest BCUT2D eigenvalue weighted by atomic mass is 16.6. The number of carbonyl (C=O) groups is 2. The van der Waals surface area contributed by atoms with E-state index in [-0.39, 0.29) is 18.0 Å². The van der Waals surface area contributed by atoms with E-state index in [1.165, 1.54) is 19.3 Å². The summed E-state index contributed by atoms with van der Waals surface area (Å²) in [5.41, 5.74) is 1.27. The van der Waals surface area contributed by atoms with Gasteiger partial charge in [-0.1, -0.05) is 12.5 Å². The molecule has 2 heterocycles. The van der Waals surface area contributed by atoms with E-state index in [2.05, 4.69) is 10.2 Å². The number of benzene rings is 1. The van der Waals surface area contributed by atoms with Gasteiger partial charge in [-0.15, -0.1) is 0 Å². The van der Waals surface area contributed by atoms with Crippen LogP contribution in [0.25, 0.3) is 0 Å². The number of nitrogens with zero attached hydrogens (tertiary/aromatic N) is 2. The molecule has 0 aromatic heterocycles. The van der Waals surface area contributed by atoms with Gasteiger partial charge in [0.15, 0.2) is 0 Å². The third-order valence-corrected chi connectivity index (χ3v) is 4.54. The van der Waals surface area contributed by atoms with Crippen LogP contribution in [0.15, 0.2) is 24.3 Å². The Morgan fingerprint density at radius 1 is 1.25 bits per heavy atom. The number of nitrogens with one attached hydrogen (secondary N) is 1. The number of rotatable bonds is 5. The third-order valence-electron chi connectivity index (χ3n) is 4.54. The molecule has 0 saturated carbocycles. The Bertz CT molecular complexity index is 599. The zero-order valence-electron chi connectivity index (χ0n) is 14.2. The molecule has 2 fully saturated rings. The van der Waals surface area contributed by atoms with Crippen molar-refractivity contribution < 1.29 is 14.3 Å². The smallest absolute Gasteiger partial charge is 0.414 e. The standard InChI is InChI=1S/C18H25N3O3/c1-14(13-20-8-3-2-4-9-20)19-17(22)15-6-5-7-16(12-15)21-10-11-24-18(21)23/h5-7,12,14H,2-4,8-11,13H2,1H3,(H,19,22). The van der Waals surface area contributed by atoms with Crippen LogP contribution in [0.2, 0.25) is 0 Å².